The number of ether oxygens (including phenoxy) is 2. The Morgan fingerprint density at radius 3 is 2.29 bits per heavy atom. The van der Waals surface area contributed by atoms with E-state index in [1.807, 2.05) is 12.1 Å². The Bertz CT molecular complexity index is 624. The number of nitrogens with zero attached hydrogens (tertiary/aromatic N) is 1. The highest BCUT2D eigenvalue weighted by molar-refractivity contribution is 5.75. The van der Waals surface area contributed by atoms with Crippen LogP contribution in [0.3, 0.4) is 0 Å². The summed E-state index contributed by atoms with van der Waals surface area (Å²) >= 11 is 0. The molecule has 0 heterocycles. The molecular weight excluding hydrogens is 350 g/mol. The highest BCUT2D eigenvalue weighted by Gasteiger charge is 2.37. The van der Waals surface area contributed by atoms with E-state index in [0.717, 1.165) is 57.1 Å². The van der Waals surface area contributed by atoms with Crippen LogP contribution in [0.15, 0.2) is 24.3 Å². The van der Waals surface area contributed by atoms with E-state index < -0.39 is 0 Å². The second-order valence-electron chi connectivity index (χ2n) is 8.07. The number of rotatable bonds is 11. The van der Waals surface area contributed by atoms with Crippen LogP contribution < -0.4 is 9.47 Å². The smallest absolute Gasteiger partial charge is 0.314 e. The standard InChI is InChI=1S/C24H35NO3/c1-3-5-7-8-15-24(19-25)16-13-20(14-17-24)23(26)28-22-11-9-21(10-12-22)27-18-6-4-2/h9-12,20H,3-8,13-18H2,1-2H3/t20-,24+. The molecule has 1 aromatic rings. The van der Waals surface area contributed by atoms with Gasteiger partial charge in [-0.1, -0.05) is 46.0 Å². The van der Waals surface area contributed by atoms with E-state index in [1.165, 1.54) is 19.3 Å². The largest absolute Gasteiger partial charge is 0.494 e. The summed E-state index contributed by atoms with van der Waals surface area (Å²) in [5.74, 6) is 1.09. The van der Waals surface area contributed by atoms with Crippen LogP contribution in [-0.2, 0) is 4.79 Å². The predicted octanol–water partition coefficient (Wildman–Crippen LogP) is 6.44. The van der Waals surface area contributed by atoms with Crippen molar-refractivity contribution in [2.75, 3.05) is 6.61 Å². The first-order valence-electron chi connectivity index (χ1n) is 11.0. The molecule has 0 amide bonds. The maximum Gasteiger partial charge on any atom is 0.314 e. The summed E-state index contributed by atoms with van der Waals surface area (Å²) in [7, 11) is 0. The van der Waals surface area contributed by atoms with Crippen LogP contribution in [0.1, 0.15) is 84.5 Å². The predicted molar refractivity (Wildman–Crippen MR) is 111 cm³/mol. The summed E-state index contributed by atoms with van der Waals surface area (Å²) in [4.78, 5) is 12.5. The second kappa shape index (κ2) is 11.7. The lowest BCUT2D eigenvalue weighted by atomic mass is 9.69. The zero-order valence-electron chi connectivity index (χ0n) is 17.5. The Kier molecular flexibility index (Phi) is 9.34. The van der Waals surface area contributed by atoms with Crippen LogP contribution in [0.5, 0.6) is 11.5 Å². The Hall–Kier alpha value is -2.02. The van der Waals surface area contributed by atoms with Gasteiger partial charge in [0.1, 0.15) is 11.5 Å². The second-order valence-corrected chi connectivity index (χ2v) is 8.07. The highest BCUT2D eigenvalue weighted by Crippen LogP contribution is 2.42. The minimum atomic E-state index is -0.234. The summed E-state index contributed by atoms with van der Waals surface area (Å²) < 4.78 is 11.2. The van der Waals surface area contributed by atoms with Crippen molar-refractivity contribution in [3.05, 3.63) is 24.3 Å². The minimum absolute atomic E-state index is 0.0994. The molecule has 0 aromatic heterocycles. The van der Waals surface area contributed by atoms with E-state index in [1.54, 1.807) is 12.1 Å². The molecular formula is C24H35NO3. The van der Waals surface area contributed by atoms with E-state index in [0.29, 0.717) is 12.4 Å². The third-order valence-electron chi connectivity index (χ3n) is 5.83. The Morgan fingerprint density at radius 2 is 1.68 bits per heavy atom. The van der Waals surface area contributed by atoms with Gasteiger partial charge in [0, 0.05) is 0 Å². The topological polar surface area (TPSA) is 59.3 Å². The molecule has 4 heteroatoms. The molecule has 2 rings (SSSR count). The van der Waals surface area contributed by atoms with Crippen molar-refractivity contribution in [2.45, 2.75) is 84.5 Å². The molecule has 0 spiro atoms. The van der Waals surface area contributed by atoms with Gasteiger partial charge in [-0.3, -0.25) is 4.79 Å². The molecule has 1 fully saturated rings. The first-order chi connectivity index (χ1) is 13.6. The fraction of sp³-hybridized carbons (Fsp3) is 0.667. The van der Waals surface area contributed by atoms with E-state index in [2.05, 4.69) is 19.9 Å². The van der Waals surface area contributed by atoms with Crippen molar-refractivity contribution in [3.8, 4) is 17.6 Å². The highest BCUT2D eigenvalue weighted by atomic mass is 16.5. The summed E-state index contributed by atoms with van der Waals surface area (Å²) in [5, 5.41) is 9.68. The Labute approximate surface area is 170 Å². The van der Waals surface area contributed by atoms with Crippen molar-refractivity contribution in [2.24, 2.45) is 11.3 Å². The average molecular weight is 386 g/mol. The number of hydrogen-bond acceptors (Lipinski definition) is 4. The first-order valence-corrected chi connectivity index (χ1v) is 11.0. The van der Waals surface area contributed by atoms with E-state index in [4.69, 9.17) is 9.47 Å². The quantitative estimate of drug-likeness (QED) is 0.250. The molecule has 1 aliphatic rings. The van der Waals surface area contributed by atoms with Crippen molar-refractivity contribution < 1.29 is 14.3 Å². The van der Waals surface area contributed by atoms with Crippen LogP contribution in [0.2, 0.25) is 0 Å². The third-order valence-corrected chi connectivity index (χ3v) is 5.83. The molecule has 0 aliphatic heterocycles. The van der Waals surface area contributed by atoms with Crippen molar-refractivity contribution in [1.29, 1.82) is 5.26 Å². The number of carbonyl (C=O) groups excluding carboxylic acids is 1. The summed E-state index contributed by atoms with van der Waals surface area (Å²) in [6.07, 6.45) is 11.0. The van der Waals surface area contributed by atoms with Gasteiger partial charge in [0.15, 0.2) is 0 Å². The summed E-state index contributed by atoms with van der Waals surface area (Å²) in [5.41, 5.74) is -0.234. The van der Waals surface area contributed by atoms with Gasteiger partial charge >= 0.3 is 5.97 Å². The lowest BCUT2D eigenvalue weighted by Gasteiger charge is -2.34. The maximum atomic E-state index is 12.5. The molecule has 1 saturated carbocycles. The minimum Gasteiger partial charge on any atom is -0.494 e. The van der Waals surface area contributed by atoms with Crippen LogP contribution in [0.4, 0.5) is 0 Å². The fourth-order valence-electron chi connectivity index (χ4n) is 3.85. The third kappa shape index (κ3) is 6.86. The lowest BCUT2D eigenvalue weighted by molar-refractivity contribution is -0.140. The van der Waals surface area contributed by atoms with Gasteiger partial charge in [-0.25, -0.2) is 0 Å². The van der Waals surface area contributed by atoms with E-state index >= 15 is 0 Å². The maximum absolute atomic E-state index is 12.5. The zero-order chi connectivity index (χ0) is 20.2. The molecule has 0 unspecified atom stereocenters. The van der Waals surface area contributed by atoms with Gasteiger partial charge in [-0.2, -0.15) is 5.26 Å². The van der Waals surface area contributed by atoms with Crippen LogP contribution in [0, 0.1) is 22.7 Å². The van der Waals surface area contributed by atoms with Crippen LogP contribution in [0.25, 0.3) is 0 Å². The van der Waals surface area contributed by atoms with Crippen molar-refractivity contribution >= 4 is 5.97 Å². The zero-order valence-corrected chi connectivity index (χ0v) is 17.5. The number of unbranched alkanes of at least 4 members (excludes halogenated alkanes) is 4. The van der Waals surface area contributed by atoms with E-state index in [9.17, 15) is 10.1 Å². The first kappa shape index (κ1) is 22.3. The summed E-state index contributed by atoms with van der Waals surface area (Å²) in [6, 6.07) is 9.83. The van der Waals surface area contributed by atoms with Gasteiger partial charge in [-0.05, 0) is 62.8 Å². The Balaban J connectivity index is 1.79. The monoisotopic (exact) mass is 385 g/mol. The molecule has 0 radical (unpaired) electrons. The molecule has 28 heavy (non-hydrogen) atoms. The van der Waals surface area contributed by atoms with Gasteiger partial charge in [0.2, 0.25) is 0 Å². The molecule has 0 saturated heterocycles. The van der Waals surface area contributed by atoms with E-state index in [-0.39, 0.29) is 17.3 Å². The average Bonchev–Trinajstić information content (AvgIpc) is 2.73. The van der Waals surface area contributed by atoms with Crippen molar-refractivity contribution in [3.63, 3.8) is 0 Å². The molecule has 154 valence electrons. The normalized spacial score (nSPS) is 21.7. The van der Waals surface area contributed by atoms with Crippen LogP contribution in [-0.4, -0.2) is 12.6 Å². The van der Waals surface area contributed by atoms with Gasteiger partial charge in [-0.15, -0.1) is 0 Å². The van der Waals surface area contributed by atoms with Gasteiger partial charge in [0.05, 0.1) is 24.0 Å². The van der Waals surface area contributed by atoms with Crippen molar-refractivity contribution in [1.82, 2.24) is 0 Å². The molecule has 0 bridgehead atoms. The molecule has 0 atom stereocenters. The van der Waals surface area contributed by atoms with Crippen LogP contribution >= 0.6 is 0 Å². The Morgan fingerprint density at radius 1 is 1.04 bits per heavy atom. The van der Waals surface area contributed by atoms with Gasteiger partial charge < -0.3 is 9.47 Å². The number of esters is 1. The summed E-state index contributed by atoms with van der Waals surface area (Å²) in [6.45, 7) is 5.03. The lowest BCUT2D eigenvalue weighted by Crippen LogP contribution is -2.31. The SMILES string of the molecule is CCCCCC[C@]1(C#N)CC[C@@H](C(=O)Oc2ccc(OCCCC)cc2)CC1. The number of hydrogen-bond donors (Lipinski definition) is 0. The number of benzene rings is 1. The number of nitriles is 1. The molecule has 1 aromatic carbocycles. The van der Waals surface area contributed by atoms with Gasteiger partial charge in [0.25, 0.3) is 0 Å². The molecule has 0 N–H and O–H groups in total. The molecule has 1 aliphatic carbocycles. The number of carbonyl (C=O) groups is 1. The fourth-order valence-corrected chi connectivity index (χ4v) is 3.85. The molecule has 4 nitrogen and oxygen atoms in total.